The van der Waals surface area contributed by atoms with E-state index in [4.69, 9.17) is 0 Å². The summed E-state index contributed by atoms with van der Waals surface area (Å²) in [5.74, 6) is 0. The highest BCUT2D eigenvalue weighted by molar-refractivity contribution is 8.37. The predicted octanol–water partition coefficient (Wildman–Crippen LogP) is 2.09. The van der Waals surface area contributed by atoms with Crippen LogP contribution in [0.3, 0.4) is 0 Å². The van der Waals surface area contributed by atoms with E-state index in [2.05, 4.69) is 0 Å². The van der Waals surface area contributed by atoms with Gasteiger partial charge in [-0.2, -0.15) is 0 Å². The lowest BCUT2D eigenvalue weighted by Crippen LogP contribution is -2.15. The van der Waals surface area contributed by atoms with E-state index in [-0.39, 0.29) is 10.6 Å². The second-order valence-corrected chi connectivity index (χ2v) is 10.2. The van der Waals surface area contributed by atoms with Crippen LogP contribution in [0.4, 0.5) is 0 Å². The number of rotatable bonds is 3. The highest BCUT2D eigenvalue weighted by Gasteiger charge is 2.44. The van der Waals surface area contributed by atoms with E-state index in [9.17, 15) is 18.9 Å². The van der Waals surface area contributed by atoms with E-state index in [1.54, 1.807) is 36.4 Å². The van der Waals surface area contributed by atoms with Gasteiger partial charge in [0.2, 0.25) is 0 Å². The van der Waals surface area contributed by atoms with Crippen molar-refractivity contribution in [3.63, 3.8) is 0 Å². The summed E-state index contributed by atoms with van der Waals surface area (Å²) in [5, 5.41) is 0.342. The summed E-state index contributed by atoms with van der Waals surface area (Å²) in [5.41, 5.74) is 0. The third-order valence-corrected chi connectivity index (χ3v) is 8.90. The van der Waals surface area contributed by atoms with Gasteiger partial charge >= 0.3 is 7.28 Å². The van der Waals surface area contributed by atoms with Gasteiger partial charge < -0.3 is 14.4 Å². The Balaban J connectivity index is 2.72. The van der Waals surface area contributed by atoms with Gasteiger partial charge in [-0.1, -0.05) is 60.7 Å². The molecule has 94 valence electrons. The van der Waals surface area contributed by atoms with Crippen LogP contribution in [0, 0.1) is 0 Å². The SMILES string of the molecule is O=P(O)(O)P(=O)(c1ccccc1)c1ccccc1. The van der Waals surface area contributed by atoms with Gasteiger partial charge in [0.15, 0.2) is 0 Å². The molecule has 0 aromatic heterocycles. The largest absolute Gasteiger partial charge is 0.389 e. The van der Waals surface area contributed by atoms with Crippen LogP contribution in [-0.2, 0) is 9.13 Å². The average molecular weight is 282 g/mol. The zero-order valence-electron chi connectivity index (χ0n) is 9.38. The molecule has 0 bridgehead atoms. The first-order chi connectivity index (χ1) is 8.46. The molecule has 0 saturated carbocycles. The lowest BCUT2D eigenvalue weighted by Gasteiger charge is -2.19. The van der Waals surface area contributed by atoms with Crippen molar-refractivity contribution in [2.45, 2.75) is 0 Å². The molecule has 0 atom stereocenters. The van der Waals surface area contributed by atoms with Crippen molar-refractivity contribution in [1.82, 2.24) is 0 Å². The minimum atomic E-state index is -4.78. The summed E-state index contributed by atoms with van der Waals surface area (Å²) < 4.78 is 24.6. The highest BCUT2D eigenvalue weighted by Crippen LogP contribution is 2.74. The molecule has 0 unspecified atom stereocenters. The Morgan fingerprint density at radius 2 is 1.00 bits per heavy atom. The lowest BCUT2D eigenvalue weighted by molar-refractivity contribution is 0.391. The Kier molecular flexibility index (Phi) is 3.56. The first-order valence-corrected chi connectivity index (χ1v) is 9.26. The molecule has 2 aromatic rings. The second-order valence-electron chi connectivity index (χ2n) is 3.76. The van der Waals surface area contributed by atoms with Gasteiger partial charge in [0.1, 0.15) is 0 Å². The van der Waals surface area contributed by atoms with Crippen LogP contribution in [0.2, 0.25) is 0 Å². The molecule has 2 aromatic carbocycles. The zero-order valence-corrected chi connectivity index (χ0v) is 11.2. The van der Waals surface area contributed by atoms with Crippen molar-refractivity contribution in [1.29, 1.82) is 0 Å². The van der Waals surface area contributed by atoms with Crippen molar-refractivity contribution in [3.05, 3.63) is 60.7 Å². The second kappa shape index (κ2) is 4.83. The van der Waals surface area contributed by atoms with Crippen LogP contribution < -0.4 is 10.6 Å². The maximum Gasteiger partial charge on any atom is 0.389 e. The van der Waals surface area contributed by atoms with Gasteiger partial charge in [0.25, 0.3) is 6.83 Å². The molecule has 0 heterocycles. The number of hydrogen-bond donors (Lipinski definition) is 2. The summed E-state index contributed by atoms with van der Waals surface area (Å²) in [6.45, 7) is -3.94. The van der Waals surface area contributed by atoms with E-state index >= 15 is 0 Å². The highest BCUT2D eigenvalue weighted by atomic mass is 32.1. The van der Waals surface area contributed by atoms with Crippen LogP contribution in [0.25, 0.3) is 0 Å². The molecule has 6 heteroatoms. The first-order valence-electron chi connectivity index (χ1n) is 5.23. The minimum absolute atomic E-state index is 0.171. The maximum absolute atomic E-state index is 12.9. The van der Waals surface area contributed by atoms with Crippen LogP contribution >= 0.6 is 14.1 Å². The molecule has 0 aliphatic heterocycles. The van der Waals surface area contributed by atoms with Gasteiger partial charge in [-0.25, -0.2) is 0 Å². The maximum atomic E-state index is 12.9. The van der Waals surface area contributed by atoms with Crippen LogP contribution in [0.15, 0.2) is 60.7 Å². The van der Waals surface area contributed by atoms with Gasteiger partial charge in [0.05, 0.1) is 0 Å². The smallest absolute Gasteiger partial charge is 0.319 e. The molecular weight excluding hydrogens is 270 g/mol. The molecule has 0 spiro atoms. The molecule has 0 amide bonds. The monoisotopic (exact) mass is 282 g/mol. The fraction of sp³-hybridized carbons (Fsp3) is 0. The van der Waals surface area contributed by atoms with E-state index in [1.165, 1.54) is 24.3 Å². The summed E-state index contributed by atoms with van der Waals surface area (Å²) in [4.78, 5) is 19.0. The summed E-state index contributed by atoms with van der Waals surface area (Å²) >= 11 is 0. The summed E-state index contributed by atoms with van der Waals surface area (Å²) in [7, 11) is -4.78. The zero-order chi connectivity index (χ0) is 13.2. The Bertz CT molecular complexity index is 576. The van der Waals surface area contributed by atoms with Gasteiger partial charge in [-0.3, -0.25) is 4.57 Å². The fourth-order valence-electron chi connectivity index (χ4n) is 1.71. The minimum Gasteiger partial charge on any atom is -0.319 e. The quantitative estimate of drug-likeness (QED) is 0.845. The first kappa shape index (κ1) is 13.3. The Labute approximate surface area is 105 Å². The third kappa shape index (κ3) is 2.21. The van der Waals surface area contributed by atoms with Crippen molar-refractivity contribution in [2.75, 3.05) is 0 Å². The molecule has 0 saturated heterocycles. The molecule has 4 nitrogen and oxygen atoms in total. The molecule has 18 heavy (non-hydrogen) atoms. The van der Waals surface area contributed by atoms with E-state index < -0.39 is 14.1 Å². The fourth-order valence-corrected chi connectivity index (χ4v) is 6.37. The lowest BCUT2D eigenvalue weighted by atomic mass is 10.4. The molecule has 0 fully saturated rings. The van der Waals surface area contributed by atoms with Crippen LogP contribution in [0.1, 0.15) is 0 Å². The van der Waals surface area contributed by atoms with Crippen molar-refractivity contribution >= 4 is 24.7 Å². The summed E-state index contributed by atoms with van der Waals surface area (Å²) in [6.07, 6.45) is 0. The van der Waals surface area contributed by atoms with Crippen molar-refractivity contribution in [2.24, 2.45) is 0 Å². The standard InChI is InChI=1S/C12H12O4P2/c13-17(18(14,15)16,11-7-3-1-4-8-11)12-9-5-2-6-10-12/h1-10H,(H2,14,15,16). The van der Waals surface area contributed by atoms with E-state index in [1.807, 2.05) is 0 Å². The molecule has 2 N–H and O–H groups in total. The van der Waals surface area contributed by atoms with Gasteiger partial charge in [0, 0.05) is 10.6 Å². The van der Waals surface area contributed by atoms with Crippen LogP contribution in [-0.4, -0.2) is 9.79 Å². The molecular formula is C12H12O4P2. The molecule has 0 aliphatic rings. The van der Waals surface area contributed by atoms with Crippen LogP contribution in [0.5, 0.6) is 0 Å². The van der Waals surface area contributed by atoms with Gasteiger partial charge in [-0.15, -0.1) is 0 Å². The predicted molar refractivity (Wildman–Crippen MR) is 71.8 cm³/mol. The Morgan fingerprint density at radius 3 is 1.28 bits per heavy atom. The van der Waals surface area contributed by atoms with Gasteiger partial charge in [-0.05, 0) is 0 Å². The van der Waals surface area contributed by atoms with E-state index in [0.29, 0.717) is 0 Å². The normalized spacial score (nSPS) is 12.3. The van der Waals surface area contributed by atoms with Crippen molar-refractivity contribution in [3.8, 4) is 0 Å². The third-order valence-electron chi connectivity index (χ3n) is 2.58. The molecule has 0 radical (unpaired) electrons. The molecule has 0 aliphatic carbocycles. The number of benzene rings is 2. The summed E-state index contributed by atoms with van der Waals surface area (Å²) in [6, 6.07) is 15.8. The van der Waals surface area contributed by atoms with E-state index in [0.717, 1.165) is 0 Å². The Morgan fingerprint density at radius 1 is 0.667 bits per heavy atom. The average Bonchev–Trinajstić information content (AvgIpc) is 2.38. The van der Waals surface area contributed by atoms with Crippen molar-refractivity contribution < 1.29 is 18.9 Å². The number of hydrogen-bond acceptors (Lipinski definition) is 2. The Hall–Kier alpha value is -1.18. The molecule has 2 rings (SSSR count). The topological polar surface area (TPSA) is 74.6 Å².